The van der Waals surface area contributed by atoms with Crippen molar-refractivity contribution in [1.29, 1.82) is 0 Å². The summed E-state index contributed by atoms with van der Waals surface area (Å²) in [5, 5.41) is 0. The van der Waals surface area contributed by atoms with Crippen LogP contribution in [0, 0.1) is 11.3 Å². The summed E-state index contributed by atoms with van der Waals surface area (Å²) in [6.45, 7) is 9.46. The second kappa shape index (κ2) is 5.93. The lowest BCUT2D eigenvalue weighted by Gasteiger charge is -2.32. The topological polar surface area (TPSA) is 37.4 Å². The van der Waals surface area contributed by atoms with Gasteiger partial charge in [0, 0.05) is 19.0 Å². The Bertz CT molecular complexity index is 409. The smallest absolute Gasteiger partial charge is 0.212 e. The summed E-state index contributed by atoms with van der Waals surface area (Å²) in [5.74, 6) is 0.537. The maximum atomic E-state index is 12.1. The van der Waals surface area contributed by atoms with Crippen molar-refractivity contribution in [2.45, 2.75) is 34.1 Å². The minimum atomic E-state index is -3.16. The summed E-state index contributed by atoms with van der Waals surface area (Å²) < 4.78 is 25.9. The van der Waals surface area contributed by atoms with Crippen molar-refractivity contribution in [3.63, 3.8) is 0 Å². The quantitative estimate of drug-likeness (QED) is 0.590. The van der Waals surface area contributed by atoms with E-state index in [2.05, 4.69) is 26.8 Å². The number of hydrogen-bond acceptors (Lipinski definition) is 2. The molecule has 0 aromatic heterocycles. The molecule has 1 aliphatic heterocycles. The zero-order valence-electron chi connectivity index (χ0n) is 11.7. The highest BCUT2D eigenvalue weighted by Crippen LogP contribution is 2.30. The molecule has 3 nitrogen and oxygen atoms in total. The molecule has 1 aliphatic rings. The van der Waals surface area contributed by atoms with Gasteiger partial charge in [-0.15, -0.1) is 11.6 Å². The average Bonchev–Trinajstić information content (AvgIpc) is 2.27. The highest BCUT2D eigenvalue weighted by atomic mass is 35.5. The second-order valence-corrected chi connectivity index (χ2v) is 8.45. The molecule has 0 aromatic rings. The van der Waals surface area contributed by atoms with E-state index in [0.717, 1.165) is 6.42 Å². The number of sulfonamides is 1. The summed E-state index contributed by atoms with van der Waals surface area (Å²) >= 11 is 5.69. The van der Waals surface area contributed by atoms with E-state index in [1.807, 2.05) is 6.92 Å². The van der Waals surface area contributed by atoms with Gasteiger partial charge in [0.1, 0.15) is 0 Å². The molecule has 18 heavy (non-hydrogen) atoms. The maximum Gasteiger partial charge on any atom is 0.214 e. The molecule has 0 fully saturated rings. The molecule has 1 unspecified atom stereocenters. The van der Waals surface area contributed by atoms with E-state index in [1.165, 1.54) is 5.57 Å². The first-order valence-corrected chi connectivity index (χ1v) is 8.54. The van der Waals surface area contributed by atoms with Gasteiger partial charge in [-0.05, 0) is 17.8 Å². The summed E-state index contributed by atoms with van der Waals surface area (Å²) in [6, 6.07) is 0. The monoisotopic (exact) mass is 293 g/mol. The molecule has 1 heterocycles. The SMILES string of the molecule is CC(CCl)CS(=O)(=O)N1CC=C(C(C)(C)C)CC1. The molecule has 5 heteroatoms. The van der Waals surface area contributed by atoms with E-state index in [9.17, 15) is 8.42 Å². The van der Waals surface area contributed by atoms with Crippen LogP contribution < -0.4 is 0 Å². The third-order valence-corrected chi connectivity index (χ3v) is 5.92. The van der Waals surface area contributed by atoms with Gasteiger partial charge in [0.05, 0.1) is 5.75 Å². The summed E-state index contributed by atoms with van der Waals surface area (Å²) in [4.78, 5) is 0. The van der Waals surface area contributed by atoms with Crippen LogP contribution in [0.3, 0.4) is 0 Å². The molecule has 0 aliphatic carbocycles. The maximum absolute atomic E-state index is 12.1. The van der Waals surface area contributed by atoms with Crippen molar-refractivity contribution >= 4 is 21.6 Å². The van der Waals surface area contributed by atoms with Crippen molar-refractivity contribution in [2.24, 2.45) is 11.3 Å². The van der Waals surface area contributed by atoms with Gasteiger partial charge in [-0.25, -0.2) is 8.42 Å². The number of alkyl halides is 1. The van der Waals surface area contributed by atoms with Gasteiger partial charge in [0.2, 0.25) is 10.0 Å². The zero-order valence-corrected chi connectivity index (χ0v) is 13.3. The van der Waals surface area contributed by atoms with Crippen molar-refractivity contribution in [3.8, 4) is 0 Å². The minimum absolute atomic E-state index is 0.00431. The number of nitrogens with zero attached hydrogens (tertiary/aromatic N) is 1. The van der Waals surface area contributed by atoms with Gasteiger partial charge in [-0.2, -0.15) is 4.31 Å². The fourth-order valence-electron chi connectivity index (χ4n) is 2.09. The van der Waals surface area contributed by atoms with Crippen LogP contribution in [0.2, 0.25) is 0 Å². The lowest BCUT2D eigenvalue weighted by Crippen LogP contribution is -2.39. The molecule has 0 spiro atoms. The minimum Gasteiger partial charge on any atom is -0.212 e. The Morgan fingerprint density at radius 2 is 2.06 bits per heavy atom. The van der Waals surface area contributed by atoms with Crippen molar-refractivity contribution < 1.29 is 8.42 Å². The van der Waals surface area contributed by atoms with Gasteiger partial charge < -0.3 is 0 Å². The van der Waals surface area contributed by atoms with Crippen molar-refractivity contribution in [3.05, 3.63) is 11.6 Å². The van der Waals surface area contributed by atoms with Crippen LogP contribution >= 0.6 is 11.6 Å². The molecule has 0 saturated heterocycles. The molecule has 0 bridgehead atoms. The first-order chi connectivity index (χ1) is 8.16. The van der Waals surface area contributed by atoms with Crippen LogP contribution in [0.1, 0.15) is 34.1 Å². The Morgan fingerprint density at radius 1 is 1.44 bits per heavy atom. The van der Waals surface area contributed by atoms with Crippen LogP contribution in [-0.2, 0) is 10.0 Å². The fraction of sp³-hybridized carbons (Fsp3) is 0.846. The lowest BCUT2D eigenvalue weighted by atomic mass is 9.83. The van der Waals surface area contributed by atoms with Crippen LogP contribution in [0.4, 0.5) is 0 Å². The third kappa shape index (κ3) is 4.25. The standard InChI is InChI=1S/C13H24ClNO2S/c1-11(9-14)10-18(16,17)15-7-5-12(6-8-15)13(2,3)4/h5,11H,6-10H2,1-4H3. The predicted molar refractivity (Wildman–Crippen MR) is 77.4 cm³/mol. The highest BCUT2D eigenvalue weighted by molar-refractivity contribution is 7.89. The molecular weight excluding hydrogens is 270 g/mol. The third-order valence-electron chi connectivity index (χ3n) is 3.29. The normalized spacial score (nSPS) is 20.6. The van der Waals surface area contributed by atoms with E-state index in [1.54, 1.807) is 4.31 Å². The predicted octanol–water partition coefficient (Wildman–Crippen LogP) is 2.87. The van der Waals surface area contributed by atoms with Crippen molar-refractivity contribution in [1.82, 2.24) is 4.31 Å². The summed E-state index contributed by atoms with van der Waals surface area (Å²) in [6.07, 6.45) is 2.89. The molecule has 1 rings (SSSR count). The van der Waals surface area contributed by atoms with E-state index < -0.39 is 10.0 Å². The van der Waals surface area contributed by atoms with Crippen LogP contribution in [0.25, 0.3) is 0 Å². The molecule has 0 saturated carbocycles. The first kappa shape index (κ1) is 16.0. The van der Waals surface area contributed by atoms with Gasteiger partial charge in [0.15, 0.2) is 0 Å². The van der Waals surface area contributed by atoms with E-state index in [4.69, 9.17) is 11.6 Å². The molecule has 0 aromatic carbocycles. The Balaban J connectivity index is 2.71. The van der Waals surface area contributed by atoms with E-state index in [0.29, 0.717) is 19.0 Å². The molecule has 0 amide bonds. The van der Waals surface area contributed by atoms with Gasteiger partial charge in [0.25, 0.3) is 0 Å². The van der Waals surface area contributed by atoms with Crippen LogP contribution in [0.5, 0.6) is 0 Å². The first-order valence-electron chi connectivity index (χ1n) is 6.40. The Labute approximate surface area is 116 Å². The molecule has 0 N–H and O–H groups in total. The second-order valence-electron chi connectivity index (χ2n) is 6.13. The van der Waals surface area contributed by atoms with E-state index >= 15 is 0 Å². The summed E-state index contributed by atoms with van der Waals surface area (Å²) in [5.41, 5.74) is 1.48. The number of hydrogen-bond donors (Lipinski definition) is 0. The number of halogens is 1. The Hall–Kier alpha value is -0.0600. The van der Waals surface area contributed by atoms with Crippen LogP contribution in [-0.4, -0.2) is 37.4 Å². The number of rotatable bonds is 4. The highest BCUT2D eigenvalue weighted by Gasteiger charge is 2.28. The summed E-state index contributed by atoms with van der Waals surface area (Å²) in [7, 11) is -3.16. The van der Waals surface area contributed by atoms with Crippen LogP contribution in [0.15, 0.2) is 11.6 Å². The molecule has 0 radical (unpaired) electrons. The van der Waals surface area contributed by atoms with E-state index in [-0.39, 0.29) is 17.1 Å². The van der Waals surface area contributed by atoms with Crippen molar-refractivity contribution in [2.75, 3.05) is 24.7 Å². The fourth-order valence-corrected chi connectivity index (χ4v) is 4.05. The van der Waals surface area contributed by atoms with Gasteiger partial charge >= 0.3 is 0 Å². The lowest BCUT2D eigenvalue weighted by molar-refractivity contribution is 0.387. The molecule has 106 valence electrons. The largest absolute Gasteiger partial charge is 0.214 e. The molecular formula is C13H24ClNO2S. The Morgan fingerprint density at radius 3 is 2.44 bits per heavy atom. The van der Waals surface area contributed by atoms with Gasteiger partial charge in [-0.3, -0.25) is 0 Å². The van der Waals surface area contributed by atoms with Gasteiger partial charge in [-0.1, -0.05) is 39.3 Å². The Kier molecular flexibility index (Phi) is 5.27. The average molecular weight is 294 g/mol. The molecule has 1 atom stereocenters. The zero-order chi connectivity index (χ0) is 14.0.